The second kappa shape index (κ2) is 10.9. The number of quaternary nitrogens is 1. The van der Waals surface area contributed by atoms with Gasteiger partial charge in [0.05, 0.1) is 10.6 Å². The molecule has 0 bridgehead atoms. The van der Waals surface area contributed by atoms with Gasteiger partial charge in [0.2, 0.25) is 0 Å². The molecule has 0 aliphatic carbocycles. The summed E-state index contributed by atoms with van der Waals surface area (Å²) in [6, 6.07) is 13.2. The predicted octanol–water partition coefficient (Wildman–Crippen LogP) is 5.48. The zero-order valence-electron chi connectivity index (χ0n) is 15.2. The van der Waals surface area contributed by atoms with Crippen LogP contribution in [-0.2, 0) is 0 Å². The maximum atomic E-state index is 14.0. The molecule has 0 radical (unpaired) electrons. The molecule has 0 unspecified atom stereocenters. The lowest BCUT2D eigenvalue weighted by atomic mass is 10.2. The fraction of sp³-hybridized carbons (Fsp3) is 0.211. The van der Waals surface area contributed by atoms with Crippen molar-refractivity contribution < 1.29 is 19.9 Å². The minimum absolute atomic E-state index is 0.0604. The van der Waals surface area contributed by atoms with Crippen molar-refractivity contribution in [3.05, 3.63) is 59.2 Å². The van der Waals surface area contributed by atoms with Gasteiger partial charge in [-0.25, -0.2) is 14.0 Å². The largest absolute Gasteiger partial charge is 0.283 e. The van der Waals surface area contributed by atoms with E-state index in [-0.39, 0.29) is 5.69 Å². The SMILES string of the molecule is CC.CC.O=C(c1cc2ccccc2s1)N(Cl)c1ccc([NH2+]O)cc1F. The standard InChI is InChI=1S/C15H10ClFN2O2S.2C2H6/c16-19(12-6-5-10(18-21)8-11(12)17)15(20)14-7-9-3-1-2-4-13(9)22-14;2*1-2/h1-8,18,21H;2*1-2H3/p+1. The molecule has 0 aliphatic rings. The van der Waals surface area contributed by atoms with Crippen LogP contribution < -0.4 is 9.90 Å². The van der Waals surface area contributed by atoms with Crippen LogP contribution in [0.25, 0.3) is 10.1 Å². The maximum Gasteiger partial charge on any atom is 0.283 e. The molecule has 0 spiro atoms. The summed E-state index contributed by atoms with van der Waals surface area (Å²) in [5.74, 6) is -1.19. The van der Waals surface area contributed by atoms with Gasteiger partial charge >= 0.3 is 0 Å². The molecule has 26 heavy (non-hydrogen) atoms. The van der Waals surface area contributed by atoms with E-state index in [9.17, 15) is 9.18 Å². The van der Waals surface area contributed by atoms with Crippen molar-refractivity contribution in [1.29, 1.82) is 0 Å². The van der Waals surface area contributed by atoms with E-state index in [4.69, 9.17) is 17.0 Å². The topological polar surface area (TPSA) is 57.2 Å². The number of thiophene rings is 1. The number of anilines is 1. The number of amides is 1. The van der Waals surface area contributed by atoms with Crippen molar-refractivity contribution in [2.24, 2.45) is 0 Å². The molecule has 0 saturated heterocycles. The number of carbonyl (C=O) groups excluding carboxylic acids is 1. The number of fused-ring (bicyclic) bond motifs is 1. The van der Waals surface area contributed by atoms with E-state index in [0.717, 1.165) is 26.1 Å². The van der Waals surface area contributed by atoms with E-state index in [1.807, 2.05) is 52.0 Å². The van der Waals surface area contributed by atoms with E-state index in [1.165, 1.54) is 23.5 Å². The summed E-state index contributed by atoms with van der Waals surface area (Å²) >= 11 is 7.29. The first-order chi connectivity index (χ1) is 12.6. The lowest BCUT2D eigenvalue weighted by Gasteiger charge is -2.13. The molecule has 3 N–H and O–H groups in total. The number of benzene rings is 2. The molecule has 7 heteroatoms. The van der Waals surface area contributed by atoms with Crippen LogP contribution in [0.1, 0.15) is 37.4 Å². The summed E-state index contributed by atoms with van der Waals surface area (Å²) in [4.78, 5) is 12.8. The maximum absolute atomic E-state index is 14.0. The first-order valence-electron chi connectivity index (χ1n) is 8.36. The lowest BCUT2D eigenvalue weighted by molar-refractivity contribution is -0.825. The summed E-state index contributed by atoms with van der Waals surface area (Å²) in [5, 5.41) is 9.79. The van der Waals surface area contributed by atoms with Gasteiger partial charge in [-0.15, -0.1) is 11.3 Å². The van der Waals surface area contributed by atoms with Crippen molar-refractivity contribution in [2.45, 2.75) is 27.7 Å². The Bertz CT molecular complexity index is 821. The molecule has 0 aliphatic heterocycles. The molecule has 3 aromatic rings. The minimum atomic E-state index is -0.688. The molecule has 140 valence electrons. The van der Waals surface area contributed by atoms with Crippen molar-refractivity contribution in [3.8, 4) is 0 Å². The van der Waals surface area contributed by atoms with E-state index in [2.05, 4.69) is 0 Å². The monoisotopic (exact) mass is 397 g/mol. The molecular formula is C19H23ClFN2O2S+. The van der Waals surface area contributed by atoms with Crippen LogP contribution in [0.5, 0.6) is 0 Å². The van der Waals surface area contributed by atoms with Crippen molar-refractivity contribution in [1.82, 2.24) is 0 Å². The number of hydrogen-bond acceptors (Lipinski definition) is 3. The van der Waals surface area contributed by atoms with Gasteiger partial charge in [0, 0.05) is 28.6 Å². The quantitative estimate of drug-likeness (QED) is 0.349. The molecule has 0 saturated carbocycles. The van der Waals surface area contributed by atoms with Crippen LogP contribution in [0.3, 0.4) is 0 Å². The fourth-order valence-electron chi connectivity index (χ4n) is 2.06. The Kier molecular flexibility index (Phi) is 9.23. The Morgan fingerprint density at radius 3 is 2.35 bits per heavy atom. The summed E-state index contributed by atoms with van der Waals surface area (Å²) in [7, 11) is 0. The van der Waals surface area contributed by atoms with Gasteiger partial charge < -0.3 is 0 Å². The predicted molar refractivity (Wildman–Crippen MR) is 107 cm³/mol. The zero-order valence-corrected chi connectivity index (χ0v) is 16.7. The number of halogens is 2. The van der Waals surface area contributed by atoms with E-state index in [0.29, 0.717) is 10.6 Å². The molecule has 1 heterocycles. The molecule has 0 fully saturated rings. The lowest BCUT2D eigenvalue weighted by Crippen LogP contribution is -2.73. The Hall–Kier alpha value is -1.99. The van der Waals surface area contributed by atoms with Crippen LogP contribution in [0.4, 0.5) is 15.8 Å². The third-order valence-electron chi connectivity index (χ3n) is 3.15. The number of nitrogens with two attached hydrogens (primary N) is 1. The second-order valence-electron chi connectivity index (χ2n) is 4.57. The Balaban J connectivity index is 0.000000791. The molecule has 1 amide bonds. The summed E-state index contributed by atoms with van der Waals surface area (Å²) < 4.78 is 15.7. The number of nitrogens with zero attached hydrogens (tertiary/aromatic N) is 1. The summed E-state index contributed by atoms with van der Waals surface area (Å²) in [6.45, 7) is 8.00. The van der Waals surface area contributed by atoms with Gasteiger partial charge in [0.15, 0.2) is 11.5 Å². The third kappa shape index (κ3) is 5.02. The Morgan fingerprint density at radius 1 is 1.12 bits per heavy atom. The van der Waals surface area contributed by atoms with Gasteiger partial charge in [0.1, 0.15) is 0 Å². The van der Waals surface area contributed by atoms with Crippen LogP contribution in [-0.4, -0.2) is 11.1 Å². The minimum Gasteiger partial charge on any atom is -0.266 e. The highest BCUT2D eigenvalue weighted by Crippen LogP contribution is 2.30. The molecule has 3 rings (SSSR count). The highest BCUT2D eigenvalue weighted by Gasteiger charge is 2.21. The zero-order chi connectivity index (χ0) is 19.7. The smallest absolute Gasteiger partial charge is 0.266 e. The number of carbonyl (C=O) groups is 1. The third-order valence-corrected chi connectivity index (χ3v) is 4.59. The van der Waals surface area contributed by atoms with Gasteiger partial charge in [-0.2, -0.15) is 5.48 Å². The average Bonchev–Trinajstić information content (AvgIpc) is 3.14. The molecule has 0 atom stereocenters. The first kappa shape index (κ1) is 22.1. The van der Waals surface area contributed by atoms with Crippen LogP contribution in [0.15, 0.2) is 48.5 Å². The first-order valence-corrected chi connectivity index (χ1v) is 9.51. The second-order valence-corrected chi connectivity index (χ2v) is 6.00. The molecule has 1 aromatic heterocycles. The van der Waals surface area contributed by atoms with Gasteiger partial charge in [-0.1, -0.05) is 45.9 Å². The molecule has 4 nitrogen and oxygen atoms in total. The van der Waals surface area contributed by atoms with Crippen molar-refractivity contribution in [2.75, 3.05) is 4.42 Å². The van der Waals surface area contributed by atoms with Crippen molar-refractivity contribution in [3.63, 3.8) is 0 Å². The number of rotatable bonds is 3. The fourth-order valence-corrected chi connectivity index (χ4v) is 3.33. The van der Waals surface area contributed by atoms with E-state index < -0.39 is 11.7 Å². The Morgan fingerprint density at radius 2 is 1.77 bits per heavy atom. The normalized spacial score (nSPS) is 9.65. The van der Waals surface area contributed by atoms with E-state index in [1.54, 1.807) is 6.07 Å². The average molecular weight is 398 g/mol. The van der Waals surface area contributed by atoms with Gasteiger partial charge in [-0.05, 0) is 23.6 Å². The molecular weight excluding hydrogens is 375 g/mol. The van der Waals surface area contributed by atoms with Crippen molar-refractivity contribution >= 4 is 50.5 Å². The van der Waals surface area contributed by atoms with Gasteiger partial charge in [-0.3, -0.25) is 4.79 Å². The van der Waals surface area contributed by atoms with Crippen LogP contribution >= 0.6 is 23.1 Å². The van der Waals surface area contributed by atoms with E-state index >= 15 is 0 Å². The summed E-state index contributed by atoms with van der Waals surface area (Å²) in [6.07, 6.45) is 0. The number of hydrogen-bond donors (Lipinski definition) is 2. The summed E-state index contributed by atoms with van der Waals surface area (Å²) in [5.41, 5.74) is 1.01. The van der Waals surface area contributed by atoms with Gasteiger partial charge in [0.25, 0.3) is 5.91 Å². The molecule has 2 aromatic carbocycles. The van der Waals surface area contributed by atoms with Crippen LogP contribution in [0.2, 0.25) is 0 Å². The highest BCUT2D eigenvalue weighted by molar-refractivity contribution is 7.21. The van der Waals surface area contributed by atoms with Crippen LogP contribution in [0, 0.1) is 5.82 Å². The Labute approximate surface area is 161 Å². The highest BCUT2D eigenvalue weighted by atomic mass is 35.5.